The van der Waals surface area contributed by atoms with Crippen molar-refractivity contribution >= 4 is 30.0 Å². The van der Waals surface area contributed by atoms with Crippen molar-refractivity contribution in [2.24, 2.45) is 0 Å². The molecule has 4 amide bonds. The summed E-state index contributed by atoms with van der Waals surface area (Å²) < 4.78 is 25.9. The van der Waals surface area contributed by atoms with Gasteiger partial charge in [-0.2, -0.15) is 0 Å². The fourth-order valence-corrected chi connectivity index (χ4v) is 4.25. The molecular weight excluding hydrogens is 624 g/mol. The average Bonchev–Trinajstić information content (AvgIpc) is 3.00. The van der Waals surface area contributed by atoms with Gasteiger partial charge in [0.15, 0.2) is 0 Å². The van der Waals surface area contributed by atoms with E-state index in [9.17, 15) is 24.0 Å². The van der Waals surface area contributed by atoms with E-state index in [0.717, 1.165) is 7.11 Å². The van der Waals surface area contributed by atoms with Crippen molar-refractivity contribution < 1.29 is 47.7 Å². The summed E-state index contributed by atoms with van der Waals surface area (Å²) in [7, 11) is 4.18. The number of methoxy groups -OCH3 is 3. The van der Waals surface area contributed by atoms with Crippen LogP contribution in [0.1, 0.15) is 52.7 Å². The summed E-state index contributed by atoms with van der Waals surface area (Å²) in [4.78, 5) is 65.0. The van der Waals surface area contributed by atoms with Crippen LogP contribution in [0.2, 0.25) is 0 Å². The number of benzene rings is 2. The minimum atomic E-state index is -1.35. The average molecular weight is 673 g/mol. The van der Waals surface area contributed by atoms with E-state index in [4.69, 9.17) is 23.7 Å². The lowest BCUT2D eigenvalue weighted by molar-refractivity contribution is -0.145. The number of esters is 1. The van der Waals surface area contributed by atoms with Crippen LogP contribution in [0, 0.1) is 0 Å². The highest BCUT2D eigenvalue weighted by Crippen LogP contribution is 2.15. The molecule has 264 valence electrons. The van der Waals surface area contributed by atoms with Gasteiger partial charge in [-0.25, -0.2) is 14.4 Å². The lowest BCUT2D eigenvalue weighted by Crippen LogP contribution is -2.57. The number of hydrogen-bond acceptors (Lipinski definition) is 10. The minimum Gasteiger partial charge on any atom is -0.497 e. The number of rotatable bonds is 14. The Hall–Kier alpha value is -5.01. The van der Waals surface area contributed by atoms with Crippen LogP contribution >= 0.6 is 0 Å². The lowest BCUT2D eigenvalue weighted by atomic mass is 10.0. The fraction of sp³-hybridized carbons (Fsp3) is 0.500. The molecule has 0 radical (unpaired) electrons. The van der Waals surface area contributed by atoms with Crippen LogP contribution in [0.5, 0.6) is 11.5 Å². The quantitative estimate of drug-likeness (QED) is 0.172. The van der Waals surface area contributed by atoms with E-state index in [0.29, 0.717) is 22.6 Å². The maximum Gasteiger partial charge on any atom is 0.408 e. The zero-order valence-corrected chi connectivity index (χ0v) is 29.1. The summed E-state index contributed by atoms with van der Waals surface area (Å²) in [6, 6.07) is 10.2. The van der Waals surface area contributed by atoms with Gasteiger partial charge in [0.25, 0.3) is 0 Å². The molecule has 4 N–H and O–H groups in total. The number of carbonyl (C=O) groups excluding carboxylic acids is 5. The van der Waals surface area contributed by atoms with Crippen LogP contribution in [-0.2, 0) is 41.4 Å². The van der Waals surface area contributed by atoms with E-state index >= 15 is 0 Å². The Kier molecular flexibility index (Phi) is 14.5. The fourth-order valence-electron chi connectivity index (χ4n) is 4.25. The molecule has 0 aliphatic rings. The molecule has 14 nitrogen and oxygen atoms in total. The molecule has 0 aliphatic heterocycles. The summed E-state index contributed by atoms with van der Waals surface area (Å²) in [6.07, 6.45) is -1.54. The third-order valence-electron chi connectivity index (χ3n) is 6.50. The highest BCUT2D eigenvalue weighted by Gasteiger charge is 2.31. The Morgan fingerprint density at radius 1 is 0.583 bits per heavy atom. The van der Waals surface area contributed by atoms with Gasteiger partial charge in [0.1, 0.15) is 40.8 Å². The first-order valence-electron chi connectivity index (χ1n) is 15.3. The topological polar surface area (TPSA) is 180 Å². The second-order valence-corrected chi connectivity index (χ2v) is 12.8. The SMILES string of the molecule is COC(=O)[C@H](CNC(=O)[C@H](Cc1ccc(OC)cc1)NC(=O)OC(C)(C)C)NC(=O)[C@H](Cc1ccc(OC)cc1)NC(=O)OC(C)(C)C. The van der Waals surface area contributed by atoms with E-state index in [1.807, 2.05) is 0 Å². The molecule has 0 saturated carbocycles. The number of carbonyl (C=O) groups is 5. The number of alkyl carbamates (subject to hydrolysis) is 2. The first-order chi connectivity index (χ1) is 22.4. The predicted molar refractivity (Wildman–Crippen MR) is 177 cm³/mol. The predicted octanol–water partition coefficient (Wildman–Crippen LogP) is 3.05. The van der Waals surface area contributed by atoms with Gasteiger partial charge in [-0.3, -0.25) is 9.59 Å². The zero-order valence-electron chi connectivity index (χ0n) is 29.1. The Bertz CT molecular complexity index is 1380. The Morgan fingerprint density at radius 2 is 0.979 bits per heavy atom. The smallest absolute Gasteiger partial charge is 0.408 e. The van der Waals surface area contributed by atoms with Crippen molar-refractivity contribution in [2.45, 2.75) is 83.7 Å². The second kappa shape index (κ2) is 17.8. The van der Waals surface area contributed by atoms with Crippen molar-refractivity contribution in [3.05, 3.63) is 59.7 Å². The van der Waals surface area contributed by atoms with Crippen molar-refractivity contribution in [3.63, 3.8) is 0 Å². The molecule has 2 rings (SSSR count). The molecule has 2 aromatic carbocycles. The van der Waals surface area contributed by atoms with Gasteiger partial charge in [0.05, 0.1) is 21.3 Å². The van der Waals surface area contributed by atoms with E-state index in [2.05, 4.69) is 21.3 Å². The molecule has 0 fully saturated rings. The van der Waals surface area contributed by atoms with E-state index in [1.54, 1.807) is 90.1 Å². The molecule has 2 aromatic rings. The van der Waals surface area contributed by atoms with Crippen molar-refractivity contribution in [1.82, 2.24) is 21.3 Å². The molecule has 14 heteroatoms. The van der Waals surface area contributed by atoms with Crippen LogP contribution in [0.4, 0.5) is 9.59 Å². The number of nitrogens with one attached hydrogen (secondary N) is 4. The summed E-state index contributed by atoms with van der Waals surface area (Å²) in [5.41, 5.74) is -0.259. The minimum absolute atomic E-state index is 0.0407. The number of ether oxygens (including phenoxy) is 5. The number of amides is 4. The third kappa shape index (κ3) is 14.2. The van der Waals surface area contributed by atoms with E-state index in [1.165, 1.54) is 14.2 Å². The molecule has 0 spiro atoms. The van der Waals surface area contributed by atoms with Crippen LogP contribution in [0.3, 0.4) is 0 Å². The van der Waals surface area contributed by atoms with Crippen LogP contribution in [-0.4, -0.2) is 87.2 Å². The molecule has 0 heterocycles. The van der Waals surface area contributed by atoms with Crippen molar-refractivity contribution in [3.8, 4) is 11.5 Å². The van der Waals surface area contributed by atoms with Crippen LogP contribution in [0.25, 0.3) is 0 Å². The first-order valence-corrected chi connectivity index (χ1v) is 15.3. The summed E-state index contributed by atoms with van der Waals surface area (Å²) >= 11 is 0. The summed E-state index contributed by atoms with van der Waals surface area (Å²) in [5.74, 6) is -1.02. The highest BCUT2D eigenvalue weighted by molar-refractivity contribution is 5.91. The highest BCUT2D eigenvalue weighted by atomic mass is 16.6. The largest absolute Gasteiger partial charge is 0.497 e. The molecule has 0 aromatic heterocycles. The van der Waals surface area contributed by atoms with Crippen molar-refractivity contribution in [1.29, 1.82) is 0 Å². The monoisotopic (exact) mass is 672 g/mol. The van der Waals surface area contributed by atoms with Gasteiger partial charge in [0, 0.05) is 19.4 Å². The number of hydrogen-bond donors (Lipinski definition) is 4. The van der Waals surface area contributed by atoms with Gasteiger partial charge < -0.3 is 45.0 Å². The zero-order chi connectivity index (χ0) is 36.1. The lowest BCUT2D eigenvalue weighted by Gasteiger charge is -2.26. The Labute approximate surface area is 281 Å². The maximum atomic E-state index is 13.5. The van der Waals surface area contributed by atoms with Gasteiger partial charge in [-0.05, 0) is 76.9 Å². The van der Waals surface area contributed by atoms with Gasteiger partial charge in [0.2, 0.25) is 11.8 Å². The second-order valence-electron chi connectivity index (χ2n) is 12.8. The molecule has 48 heavy (non-hydrogen) atoms. The Morgan fingerprint density at radius 3 is 1.33 bits per heavy atom. The molecule has 0 unspecified atom stereocenters. The molecule has 0 saturated heterocycles. The molecule has 3 atom stereocenters. The maximum absolute atomic E-state index is 13.5. The first kappa shape index (κ1) is 39.2. The molecular formula is C34H48N4O10. The molecule has 0 aliphatic carbocycles. The van der Waals surface area contributed by atoms with E-state index in [-0.39, 0.29) is 12.8 Å². The van der Waals surface area contributed by atoms with Gasteiger partial charge in [-0.15, -0.1) is 0 Å². The summed E-state index contributed by atoms with van der Waals surface area (Å²) in [6.45, 7) is 9.72. The Balaban J connectivity index is 2.25. The third-order valence-corrected chi connectivity index (χ3v) is 6.50. The normalized spacial score (nSPS) is 13.1. The van der Waals surface area contributed by atoms with Gasteiger partial charge >= 0.3 is 18.2 Å². The summed E-state index contributed by atoms with van der Waals surface area (Å²) in [5, 5.41) is 10.3. The van der Waals surface area contributed by atoms with E-state index < -0.39 is 65.8 Å². The standard InChI is InChI=1S/C34H48N4O10/c1-33(2,3)47-31(42)37-25(18-21-10-14-23(44-7)15-11-21)28(39)35-20-27(30(41)46-9)36-29(40)26(38-32(43)48-34(4,5)6)19-22-12-16-24(45-8)17-13-22/h10-17,25-27H,18-20H2,1-9H3,(H,35,39)(H,36,40)(H,37,42)(H,38,43)/t25-,26-,27-/m0/s1. The van der Waals surface area contributed by atoms with Crippen LogP contribution < -0.4 is 30.7 Å². The van der Waals surface area contributed by atoms with Crippen molar-refractivity contribution in [2.75, 3.05) is 27.9 Å². The van der Waals surface area contributed by atoms with Crippen LogP contribution in [0.15, 0.2) is 48.5 Å². The van der Waals surface area contributed by atoms with Gasteiger partial charge in [-0.1, -0.05) is 24.3 Å². The molecule has 0 bridgehead atoms.